The maximum Gasteiger partial charge on any atom is 0.416 e. The molecule has 1 amide bonds. The zero-order valence-corrected chi connectivity index (χ0v) is 13.9. The number of hydrogen-bond donors (Lipinski definition) is 1. The summed E-state index contributed by atoms with van der Waals surface area (Å²) in [4.78, 5) is 14.4. The molecule has 140 valence electrons. The Balaban J connectivity index is 1.79. The topological polar surface area (TPSA) is 87.4 Å². The van der Waals surface area contributed by atoms with Crippen molar-refractivity contribution in [3.05, 3.63) is 35.7 Å². The van der Waals surface area contributed by atoms with Crippen LogP contribution in [0.15, 0.2) is 24.3 Å². The zero-order chi connectivity index (χ0) is 18.9. The highest BCUT2D eigenvalue weighted by Gasteiger charge is 2.31. The van der Waals surface area contributed by atoms with Crippen LogP contribution in [0.2, 0.25) is 0 Å². The van der Waals surface area contributed by atoms with Gasteiger partial charge in [-0.1, -0.05) is 6.07 Å². The molecule has 1 aromatic carbocycles. The Hall–Kier alpha value is -2.69. The van der Waals surface area contributed by atoms with Gasteiger partial charge in [-0.3, -0.25) is 4.90 Å². The van der Waals surface area contributed by atoms with Gasteiger partial charge in [0.15, 0.2) is 5.82 Å². The molecule has 2 aromatic rings. The summed E-state index contributed by atoms with van der Waals surface area (Å²) in [6.07, 6.45) is -5.42. The van der Waals surface area contributed by atoms with Gasteiger partial charge in [-0.05, 0) is 35.5 Å². The Kier molecular flexibility index (Phi) is 4.81. The fraction of sp³-hybridized carbons (Fsp3) is 0.467. The molecule has 0 aliphatic carbocycles. The number of tetrazole rings is 1. The van der Waals surface area contributed by atoms with E-state index in [9.17, 15) is 18.0 Å². The van der Waals surface area contributed by atoms with E-state index in [0.717, 1.165) is 12.1 Å². The molecule has 0 radical (unpaired) electrons. The Bertz CT molecular complexity index is 794. The fourth-order valence-corrected chi connectivity index (χ4v) is 2.90. The van der Waals surface area contributed by atoms with E-state index in [0.29, 0.717) is 32.0 Å². The van der Waals surface area contributed by atoms with E-state index in [1.165, 1.54) is 21.7 Å². The minimum atomic E-state index is -4.45. The molecule has 1 aliphatic heterocycles. The lowest BCUT2D eigenvalue weighted by Crippen LogP contribution is -2.53. The van der Waals surface area contributed by atoms with Crippen molar-refractivity contribution in [1.82, 2.24) is 30.0 Å². The van der Waals surface area contributed by atoms with Gasteiger partial charge in [0.2, 0.25) is 0 Å². The van der Waals surface area contributed by atoms with E-state index in [-0.39, 0.29) is 11.7 Å². The minimum absolute atomic E-state index is 0.0634. The number of benzene rings is 1. The summed E-state index contributed by atoms with van der Waals surface area (Å²) < 4.78 is 40.0. The number of alkyl halides is 3. The van der Waals surface area contributed by atoms with Gasteiger partial charge in [0.25, 0.3) is 0 Å². The van der Waals surface area contributed by atoms with Crippen LogP contribution >= 0.6 is 0 Å². The molecule has 1 atom stereocenters. The van der Waals surface area contributed by atoms with E-state index in [1.807, 2.05) is 11.8 Å². The lowest BCUT2D eigenvalue weighted by atomic mass is 10.2. The zero-order valence-electron chi connectivity index (χ0n) is 13.9. The summed E-state index contributed by atoms with van der Waals surface area (Å²) in [5.41, 5.74) is -0.559. The predicted octanol–water partition coefficient (Wildman–Crippen LogP) is 1.87. The third-order valence-electron chi connectivity index (χ3n) is 4.33. The van der Waals surface area contributed by atoms with Gasteiger partial charge in [0.1, 0.15) is 0 Å². The van der Waals surface area contributed by atoms with Gasteiger partial charge in [-0.2, -0.15) is 17.9 Å². The second-order valence-electron chi connectivity index (χ2n) is 6.10. The van der Waals surface area contributed by atoms with Crippen LogP contribution in [0.3, 0.4) is 0 Å². The standard InChI is InChI=1S/C15H17F3N6O2/c1-10-8-23(14(25)26)6-5-22(10)9-13-19-20-21-24(13)12-4-2-3-11(7-12)15(16,17)18/h2-4,7,10H,5-6,8-9H2,1H3,(H,25,26)/t10-/m1/s1. The van der Waals surface area contributed by atoms with Gasteiger partial charge in [0.05, 0.1) is 17.8 Å². The van der Waals surface area contributed by atoms with E-state index in [1.54, 1.807) is 0 Å². The molecule has 1 aliphatic rings. The van der Waals surface area contributed by atoms with Crippen LogP contribution < -0.4 is 0 Å². The number of rotatable bonds is 3. The molecule has 2 heterocycles. The summed E-state index contributed by atoms with van der Waals surface area (Å²) in [5, 5.41) is 20.4. The average Bonchev–Trinajstić information content (AvgIpc) is 3.04. The Morgan fingerprint density at radius 1 is 1.35 bits per heavy atom. The van der Waals surface area contributed by atoms with Crippen LogP contribution in [0.5, 0.6) is 0 Å². The van der Waals surface area contributed by atoms with E-state index < -0.39 is 17.8 Å². The van der Waals surface area contributed by atoms with Crippen LogP contribution in [0, 0.1) is 0 Å². The highest BCUT2D eigenvalue weighted by Crippen LogP contribution is 2.30. The molecular formula is C15H17F3N6O2. The number of carboxylic acid groups (broad SMARTS) is 1. The molecule has 1 fully saturated rings. The summed E-state index contributed by atoms with van der Waals surface area (Å²) in [7, 11) is 0. The molecule has 0 spiro atoms. The Morgan fingerprint density at radius 3 is 2.77 bits per heavy atom. The van der Waals surface area contributed by atoms with Crippen molar-refractivity contribution in [2.75, 3.05) is 19.6 Å². The van der Waals surface area contributed by atoms with Crippen LogP contribution in [0.1, 0.15) is 18.3 Å². The molecule has 1 N–H and O–H groups in total. The van der Waals surface area contributed by atoms with Crippen molar-refractivity contribution in [1.29, 1.82) is 0 Å². The van der Waals surface area contributed by atoms with Gasteiger partial charge in [-0.15, -0.1) is 5.10 Å². The molecular weight excluding hydrogens is 353 g/mol. The molecule has 0 saturated carbocycles. The number of piperazine rings is 1. The van der Waals surface area contributed by atoms with Crippen LogP contribution in [0.25, 0.3) is 5.69 Å². The first kappa shape index (κ1) is 18.1. The van der Waals surface area contributed by atoms with Gasteiger partial charge in [0, 0.05) is 25.7 Å². The number of halogens is 3. The minimum Gasteiger partial charge on any atom is -0.465 e. The molecule has 3 rings (SSSR count). The number of nitrogens with zero attached hydrogens (tertiary/aromatic N) is 6. The second-order valence-corrected chi connectivity index (χ2v) is 6.10. The highest BCUT2D eigenvalue weighted by atomic mass is 19.4. The highest BCUT2D eigenvalue weighted by molar-refractivity contribution is 5.65. The third kappa shape index (κ3) is 3.77. The van der Waals surface area contributed by atoms with Crippen molar-refractivity contribution in [3.8, 4) is 5.69 Å². The van der Waals surface area contributed by atoms with Crippen LogP contribution in [-0.2, 0) is 12.7 Å². The van der Waals surface area contributed by atoms with Crippen molar-refractivity contribution in [3.63, 3.8) is 0 Å². The first-order valence-electron chi connectivity index (χ1n) is 7.92. The average molecular weight is 370 g/mol. The van der Waals surface area contributed by atoms with Crippen LogP contribution in [-0.4, -0.2) is 66.9 Å². The van der Waals surface area contributed by atoms with Crippen molar-refractivity contribution in [2.45, 2.75) is 25.7 Å². The Labute approximate surface area is 146 Å². The first-order chi connectivity index (χ1) is 12.3. The summed E-state index contributed by atoms with van der Waals surface area (Å²) in [6, 6.07) is 4.72. The maximum atomic E-state index is 12.9. The molecule has 26 heavy (non-hydrogen) atoms. The Morgan fingerprint density at radius 2 is 2.12 bits per heavy atom. The largest absolute Gasteiger partial charge is 0.465 e. The summed E-state index contributed by atoms with van der Waals surface area (Å²) in [6.45, 7) is 3.37. The summed E-state index contributed by atoms with van der Waals surface area (Å²) >= 11 is 0. The third-order valence-corrected chi connectivity index (χ3v) is 4.33. The normalized spacial score (nSPS) is 18.9. The fourth-order valence-electron chi connectivity index (χ4n) is 2.90. The smallest absolute Gasteiger partial charge is 0.416 e. The van der Waals surface area contributed by atoms with Gasteiger partial charge in [-0.25, -0.2) is 4.79 Å². The molecule has 11 heteroatoms. The number of aromatic nitrogens is 4. The van der Waals surface area contributed by atoms with E-state index >= 15 is 0 Å². The number of amides is 1. The molecule has 8 nitrogen and oxygen atoms in total. The van der Waals surface area contributed by atoms with Crippen molar-refractivity contribution >= 4 is 6.09 Å². The second kappa shape index (κ2) is 6.90. The monoisotopic (exact) mass is 370 g/mol. The predicted molar refractivity (Wildman–Crippen MR) is 83.6 cm³/mol. The number of carbonyl (C=O) groups is 1. The molecule has 0 unspecified atom stereocenters. The van der Waals surface area contributed by atoms with Crippen LogP contribution in [0.4, 0.5) is 18.0 Å². The lowest BCUT2D eigenvalue weighted by molar-refractivity contribution is -0.137. The van der Waals surface area contributed by atoms with Crippen molar-refractivity contribution < 1.29 is 23.1 Å². The van der Waals surface area contributed by atoms with E-state index in [2.05, 4.69) is 15.5 Å². The first-order valence-corrected chi connectivity index (χ1v) is 7.92. The number of hydrogen-bond acceptors (Lipinski definition) is 5. The lowest BCUT2D eigenvalue weighted by Gasteiger charge is -2.38. The molecule has 0 bridgehead atoms. The quantitative estimate of drug-likeness (QED) is 0.888. The molecule has 1 aromatic heterocycles. The molecule has 1 saturated heterocycles. The van der Waals surface area contributed by atoms with Gasteiger partial charge >= 0.3 is 12.3 Å². The van der Waals surface area contributed by atoms with Crippen molar-refractivity contribution in [2.24, 2.45) is 0 Å². The van der Waals surface area contributed by atoms with E-state index in [4.69, 9.17) is 5.11 Å². The van der Waals surface area contributed by atoms with Gasteiger partial charge < -0.3 is 10.0 Å². The summed E-state index contributed by atoms with van der Waals surface area (Å²) in [5.74, 6) is 0.389. The SMILES string of the molecule is C[C@@H]1CN(C(=O)O)CCN1Cc1nnnn1-c1cccc(C(F)(F)F)c1. The maximum absolute atomic E-state index is 12.9.